The highest BCUT2D eigenvalue weighted by atomic mass is 32.2. The summed E-state index contributed by atoms with van der Waals surface area (Å²) in [5, 5.41) is 10.8. The number of carbonyl (C=O) groups is 1. The van der Waals surface area contributed by atoms with Crippen LogP contribution in [0.5, 0.6) is 0 Å². The van der Waals surface area contributed by atoms with Gasteiger partial charge < -0.3 is 5.32 Å². The lowest BCUT2D eigenvalue weighted by Crippen LogP contribution is -2.19. The summed E-state index contributed by atoms with van der Waals surface area (Å²) in [4.78, 5) is 16.6. The van der Waals surface area contributed by atoms with E-state index in [0.717, 1.165) is 17.1 Å². The topological polar surface area (TPSA) is 70.7 Å². The Labute approximate surface area is 140 Å². The van der Waals surface area contributed by atoms with Gasteiger partial charge in [0.15, 0.2) is 0 Å². The molecule has 0 unspecified atom stereocenters. The zero-order valence-corrected chi connectivity index (χ0v) is 14.5. The highest BCUT2D eigenvalue weighted by Crippen LogP contribution is 2.38. The molecule has 6 heteroatoms. The number of rotatable bonds is 5. The van der Waals surface area contributed by atoms with Crippen molar-refractivity contribution in [1.29, 1.82) is 0 Å². The minimum Gasteiger partial charge on any atom is -0.325 e. The first kappa shape index (κ1) is 16.1. The molecule has 1 aliphatic carbocycles. The van der Waals surface area contributed by atoms with Crippen LogP contribution in [0.25, 0.3) is 0 Å². The minimum absolute atomic E-state index is 0.0140. The van der Waals surface area contributed by atoms with Crippen molar-refractivity contribution in [3.05, 3.63) is 35.7 Å². The number of benzene rings is 1. The number of aromatic amines is 1. The molecular weight excluding hydrogens is 308 g/mol. The molecule has 1 heterocycles. The van der Waals surface area contributed by atoms with Gasteiger partial charge in [-0.05, 0) is 29.9 Å². The second kappa shape index (κ2) is 6.35. The SMILES string of the molecule is CC(C)(C)c1ccccc1NC(=O)CSc1n[nH]c(C2CC2)n1. The predicted molar refractivity (Wildman–Crippen MR) is 92.9 cm³/mol. The molecule has 122 valence electrons. The molecule has 1 aliphatic rings. The fourth-order valence-corrected chi connectivity index (χ4v) is 3.03. The fourth-order valence-electron chi connectivity index (χ4n) is 2.42. The number of nitrogens with zero attached hydrogens (tertiary/aromatic N) is 2. The van der Waals surface area contributed by atoms with Crippen LogP contribution in [0, 0.1) is 0 Å². The fraction of sp³-hybridized carbons (Fsp3) is 0.471. The van der Waals surface area contributed by atoms with Crippen LogP contribution in [0.1, 0.15) is 50.9 Å². The summed E-state index contributed by atoms with van der Waals surface area (Å²) in [5.41, 5.74) is 1.99. The van der Waals surface area contributed by atoms with Crippen molar-refractivity contribution in [2.75, 3.05) is 11.1 Å². The normalized spacial score (nSPS) is 14.7. The first-order chi connectivity index (χ1) is 10.9. The third kappa shape index (κ3) is 4.13. The molecule has 1 amide bonds. The molecule has 1 aromatic heterocycles. The Hall–Kier alpha value is -1.82. The highest BCUT2D eigenvalue weighted by molar-refractivity contribution is 7.99. The number of amides is 1. The van der Waals surface area contributed by atoms with Gasteiger partial charge in [0, 0.05) is 11.6 Å². The van der Waals surface area contributed by atoms with E-state index in [4.69, 9.17) is 0 Å². The van der Waals surface area contributed by atoms with Crippen molar-refractivity contribution in [3.63, 3.8) is 0 Å². The molecule has 2 N–H and O–H groups in total. The van der Waals surface area contributed by atoms with Gasteiger partial charge in [0.25, 0.3) is 0 Å². The summed E-state index contributed by atoms with van der Waals surface area (Å²) in [6.45, 7) is 6.42. The van der Waals surface area contributed by atoms with Gasteiger partial charge >= 0.3 is 0 Å². The molecule has 1 saturated carbocycles. The lowest BCUT2D eigenvalue weighted by Gasteiger charge is -2.22. The van der Waals surface area contributed by atoms with Gasteiger partial charge in [0.2, 0.25) is 11.1 Å². The minimum atomic E-state index is -0.0375. The number of anilines is 1. The number of H-pyrrole nitrogens is 1. The van der Waals surface area contributed by atoms with Gasteiger partial charge in [-0.15, -0.1) is 5.10 Å². The zero-order chi connectivity index (χ0) is 16.4. The highest BCUT2D eigenvalue weighted by Gasteiger charge is 2.27. The van der Waals surface area contributed by atoms with Crippen LogP contribution in [-0.2, 0) is 10.2 Å². The third-order valence-electron chi connectivity index (χ3n) is 3.79. The summed E-state index contributed by atoms with van der Waals surface area (Å²) in [6, 6.07) is 7.94. The van der Waals surface area contributed by atoms with Crippen molar-refractivity contribution in [3.8, 4) is 0 Å². The Morgan fingerprint density at radius 2 is 2.09 bits per heavy atom. The third-order valence-corrected chi connectivity index (χ3v) is 4.64. The van der Waals surface area contributed by atoms with Crippen LogP contribution in [0.15, 0.2) is 29.4 Å². The molecule has 3 rings (SSSR count). The average molecular weight is 330 g/mol. The zero-order valence-electron chi connectivity index (χ0n) is 13.7. The van der Waals surface area contributed by atoms with Crippen LogP contribution in [0.2, 0.25) is 0 Å². The number of aromatic nitrogens is 3. The molecule has 0 radical (unpaired) electrons. The van der Waals surface area contributed by atoms with Gasteiger partial charge in [-0.25, -0.2) is 4.98 Å². The number of thioether (sulfide) groups is 1. The lowest BCUT2D eigenvalue weighted by molar-refractivity contribution is -0.113. The monoisotopic (exact) mass is 330 g/mol. The maximum atomic E-state index is 12.2. The maximum Gasteiger partial charge on any atom is 0.234 e. The quantitative estimate of drug-likeness (QED) is 0.820. The number of nitrogens with one attached hydrogen (secondary N) is 2. The summed E-state index contributed by atoms with van der Waals surface area (Å²) >= 11 is 1.36. The molecule has 2 aromatic rings. The summed E-state index contributed by atoms with van der Waals surface area (Å²) in [6.07, 6.45) is 2.37. The first-order valence-electron chi connectivity index (χ1n) is 7.88. The molecule has 1 fully saturated rings. The van der Waals surface area contributed by atoms with Crippen molar-refractivity contribution in [1.82, 2.24) is 15.2 Å². The van der Waals surface area contributed by atoms with Crippen LogP contribution < -0.4 is 5.32 Å². The average Bonchev–Trinajstić information content (AvgIpc) is 3.24. The van der Waals surface area contributed by atoms with Crippen molar-refractivity contribution >= 4 is 23.4 Å². The first-order valence-corrected chi connectivity index (χ1v) is 8.86. The van der Waals surface area contributed by atoms with Gasteiger partial charge in [0.05, 0.1) is 5.75 Å². The smallest absolute Gasteiger partial charge is 0.234 e. The largest absolute Gasteiger partial charge is 0.325 e. The van der Waals surface area contributed by atoms with E-state index < -0.39 is 0 Å². The second-order valence-corrected chi connectivity index (χ2v) is 7.85. The Morgan fingerprint density at radius 3 is 2.78 bits per heavy atom. The van der Waals surface area contributed by atoms with E-state index in [2.05, 4.69) is 47.3 Å². The Kier molecular flexibility index (Phi) is 4.43. The van der Waals surface area contributed by atoms with Crippen LogP contribution in [-0.4, -0.2) is 26.8 Å². The molecule has 1 aromatic carbocycles. The van der Waals surface area contributed by atoms with Crippen LogP contribution >= 0.6 is 11.8 Å². The molecule has 23 heavy (non-hydrogen) atoms. The Bertz CT molecular complexity index is 701. The Balaban J connectivity index is 1.59. The molecule has 0 spiro atoms. The van der Waals surface area contributed by atoms with E-state index in [1.165, 1.54) is 24.6 Å². The molecule has 0 saturated heterocycles. The number of hydrogen-bond donors (Lipinski definition) is 2. The maximum absolute atomic E-state index is 12.2. The standard InChI is InChI=1S/C17H22N4OS/c1-17(2,3)12-6-4-5-7-13(12)18-14(22)10-23-16-19-15(20-21-16)11-8-9-11/h4-7,11H,8-10H2,1-3H3,(H,18,22)(H,19,20,21). The van der Waals surface area contributed by atoms with E-state index >= 15 is 0 Å². The van der Waals surface area contributed by atoms with Crippen molar-refractivity contribution in [2.24, 2.45) is 0 Å². The summed E-state index contributed by atoms with van der Waals surface area (Å²) in [5.74, 6) is 1.76. The van der Waals surface area contributed by atoms with E-state index in [1.807, 2.05) is 18.2 Å². The molecule has 0 bridgehead atoms. The van der Waals surface area contributed by atoms with E-state index in [-0.39, 0.29) is 11.3 Å². The lowest BCUT2D eigenvalue weighted by atomic mass is 9.86. The van der Waals surface area contributed by atoms with Crippen LogP contribution in [0.4, 0.5) is 5.69 Å². The van der Waals surface area contributed by atoms with E-state index in [9.17, 15) is 4.79 Å². The van der Waals surface area contributed by atoms with Crippen molar-refractivity contribution < 1.29 is 4.79 Å². The molecule has 0 atom stereocenters. The van der Waals surface area contributed by atoms with Gasteiger partial charge in [-0.3, -0.25) is 9.89 Å². The van der Waals surface area contributed by atoms with E-state index in [1.54, 1.807) is 0 Å². The van der Waals surface area contributed by atoms with Crippen molar-refractivity contribution in [2.45, 2.75) is 50.1 Å². The van der Waals surface area contributed by atoms with Gasteiger partial charge in [-0.2, -0.15) is 0 Å². The summed E-state index contributed by atoms with van der Waals surface area (Å²) in [7, 11) is 0. The number of carbonyl (C=O) groups excluding carboxylic acids is 1. The van der Waals surface area contributed by atoms with Gasteiger partial charge in [0.1, 0.15) is 5.82 Å². The second-order valence-electron chi connectivity index (χ2n) is 6.91. The Morgan fingerprint density at radius 1 is 1.35 bits per heavy atom. The van der Waals surface area contributed by atoms with E-state index in [0.29, 0.717) is 16.8 Å². The molecular formula is C17H22N4OS. The van der Waals surface area contributed by atoms with Gasteiger partial charge in [-0.1, -0.05) is 50.7 Å². The van der Waals surface area contributed by atoms with Crippen LogP contribution in [0.3, 0.4) is 0 Å². The predicted octanol–water partition coefficient (Wildman–Crippen LogP) is 3.71. The molecule has 5 nitrogen and oxygen atoms in total. The number of para-hydroxylation sites is 1. The number of hydrogen-bond acceptors (Lipinski definition) is 4. The summed E-state index contributed by atoms with van der Waals surface area (Å²) < 4.78 is 0. The molecule has 0 aliphatic heterocycles.